The highest BCUT2D eigenvalue weighted by atomic mass is 16.4. The van der Waals surface area contributed by atoms with Crippen LogP contribution in [0, 0.1) is 5.92 Å². The summed E-state index contributed by atoms with van der Waals surface area (Å²) in [6.45, 7) is 1.65. The monoisotopic (exact) mass is 458 g/mol. The predicted octanol–water partition coefficient (Wildman–Crippen LogP) is 2.86. The molecule has 1 saturated heterocycles. The van der Waals surface area contributed by atoms with Crippen LogP contribution in [0.25, 0.3) is 16.8 Å². The number of carbonyl (C=O) groups excluding carboxylic acids is 2. The van der Waals surface area contributed by atoms with Crippen molar-refractivity contribution in [1.82, 2.24) is 24.8 Å². The van der Waals surface area contributed by atoms with Crippen LogP contribution in [0.3, 0.4) is 0 Å². The number of hydrogen-bond donors (Lipinski definition) is 1. The molecular formula is C25H26N6O3. The van der Waals surface area contributed by atoms with Crippen molar-refractivity contribution in [1.29, 1.82) is 0 Å². The van der Waals surface area contributed by atoms with E-state index in [2.05, 4.69) is 20.2 Å². The normalized spacial score (nSPS) is 16.0. The third kappa shape index (κ3) is 4.42. The van der Waals surface area contributed by atoms with Crippen molar-refractivity contribution >= 4 is 28.6 Å². The number of rotatable bonds is 7. The van der Waals surface area contributed by atoms with E-state index >= 15 is 0 Å². The fraction of sp³-hybridized carbons (Fsp3) is 0.280. The first-order valence-electron chi connectivity index (χ1n) is 11.2. The lowest BCUT2D eigenvalue weighted by Crippen LogP contribution is -2.31. The van der Waals surface area contributed by atoms with Gasteiger partial charge in [0.1, 0.15) is 11.3 Å². The number of para-hydroxylation sites is 2. The summed E-state index contributed by atoms with van der Waals surface area (Å²) in [6, 6.07) is 15.1. The van der Waals surface area contributed by atoms with E-state index in [1.165, 1.54) is 0 Å². The van der Waals surface area contributed by atoms with Crippen LogP contribution in [0.5, 0.6) is 0 Å². The predicted molar refractivity (Wildman–Crippen MR) is 128 cm³/mol. The van der Waals surface area contributed by atoms with Gasteiger partial charge in [0.25, 0.3) is 5.89 Å². The number of oxazole rings is 1. The van der Waals surface area contributed by atoms with Crippen molar-refractivity contribution in [3.63, 3.8) is 0 Å². The van der Waals surface area contributed by atoms with Gasteiger partial charge in [-0.1, -0.05) is 12.1 Å². The molecule has 4 aromatic rings. The van der Waals surface area contributed by atoms with Gasteiger partial charge in [0.15, 0.2) is 5.58 Å². The van der Waals surface area contributed by atoms with Gasteiger partial charge in [0, 0.05) is 49.2 Å². The van der Waals surface area contributed by atoms with E-state index in [9.17, 15) is 9.59 Å². The minimum Gasteiger partial charge on any atom is -0.432 e. The van der Waals surface area contributed by atoms with Crippen molar-refractivity contribution in [2.75, 3.05) is 32.1 Å². The van der Waals surface area contributed by atoms with Crippen LogP contribution < -0.4 is 10.2 Å². The third-order valence-electron chi connectivity index (χ3n) is 5.86. The standard InChI is InChI=1S/C25H26N6O3/c1-29(2)16-22-26-11-12-30(22)18-7-9-19(10-8-18)31-15-17(13-23(31)32)14-27-24(33)25-28-20-5-3-4-6-21(20)34-25/h3-12,17H,13-16H2,1-2H3,(H,27,33). The van der Waals surface area contributed by atoms with E-state index in [4.69, 9.17) is 4.42 Å². The molecule has 1 atom stereocenters. The fourth-order valence-electron chi connectivity index (χ4n) is 4.21. The van der Waals surface area contributed by atoms with E-state index in [-0.39, 0.29) is 23.6 Å². The number of carbonyl (C=O) groups is 2. The summed E-state index contributed by atoms with van der Waals surface area (Å²) in [7, 11) is 4.01. The van der Waals surface area contributed by atoms with Crippen LogP contribution >= 0.6 is 0 Å². The molecule has 5 rings (SSSR count). The Morgan fingerprint density at radius 2 is 1.91 bits per heavy atom. The number of nitrogens with one attached hydrogen (secondary N) is 1. The molecule has 0 spiro atoms. The largest absolute Gasteiger partial charge is 0.432 e. The first kappa shape index (κ1) is 21.8. The van der Waals surface area contributed by atoms with Crippen LogP contribution in [-0.4, -0.2) is 58.4 Å². The Bertz CT molecular complexity index is 1290. The SMILES string of the molecule is CN(C)Cc1nccn1-c1ccc(N2CC(CNC(=O)c3nc4ccccc4o3)CC2=O)cc1. The fourth-order valence-corrected chi connectivity index (χ4v) is 4.21. The molecule has 174 valence electrons. The summed E-state index contributed by atoms with van der Waals surface area (Å²) in [5.74, 6) is 0.668. The Morgan fingerprint density at radius 1 is 1.15 bits per heavy atom. The summed E-state index contributed by atoms with van der Waals surface area (Å²) >= 11 is 0. The van der Waals surface area contributed by atoms with Gasteiger partial charge in [-0.25, -0.2) is 9.97 Å². The minimum absolute atomic E-state index is 0.0147. The maximum Gasteiger partial charge on any atom is 0.307 e. The summed E-state index contributed by atoms with van der Waals surface area (Å²) in [5, 5.41) is 2.86. The van der Waals surface area contributed by atoms with Crippen molar-refractivity contribution < 1.29 is 14.0 Å². The highest BCUT2D eigenvalue weighted by molar-refractivity contribution is 5.96. The maximum atomic E-state index is 12.7. The number of imidazole rings is 1. The molecular weight excluding hydrogens is 432 g/mol. The zero-order valence-corrected chi connectivity index (χ0v) is 19.1. The van der Waals surface area contributed by atoms with Gasteiger partial charge in [-0.3, -0.25) is 9.59 Å². The zero-order chi connectivity index (χ0) is 23.7. The molecule has 9 nitrogen and oxygen atoms in total. The highest BCUT2D eigenvalue weighted by Crippen LogP contribution is 2.26. The number of nitrogens with zero attached hydrogens (tertiary/aromatic N) is 5. The summed E-state index contributed by atoms with van der Waals surface area (Å²) < 4.78 is 7.56. The lowest BCUT2D eigenvalue weighted by atomic mass is 10.1. The summed E-state index contributed by atoms with van der Waals surface area (Å²) in [4.78, 5) is 37.6. The maximum absolute atomic E-state index is 12.7. The Balaban J connectivity index is 1.21. The van der Waals surface area contributed by atoms with Gasteiger partial charge in [-0.15, -0.1) is 0 Å². The van der Waals surface area contributed by atoms with Crippen LogP contribution in [0.4, 0.5) is 5.69 Å². The van der Waals surface area contributed by atoms with E-state index in [0.29, 0.717) is 30.6 Å². The first-order valence-corrected chi connectivity index (χ1v) is 11.2. The van der Waals surface area contributed by atoms with Crippen molar-refractivity contribution in [2.45, 2.75) is 13.0 Å². The molecule has 2 aromatic carbocycles. The average molecular weight is 459 g/mol. The number of anilines is 1. The highest BCUT2D eigenvalue weighted by Gasteiger charge is 2.31. The van der Waals surface area contributed by atoms with Crippen molar-refractivity contribution in [3.05, 3.63) is 72.6 Å². The molecule has 0 radical (unpaired) electrons. The van der Waals surface area contributed by atoms with E-state index < -0.39 is 0 Å². The number of amides is 2. The quantitative estimate of drug-likeness (QED) is 0.458. The lowest BCUT2D eigenvalue weighted by Gasteiger charge is -2.18. The van der Waals surface area contributed by atoms with Crippen LogP contribution in [0.15, 0.2) is 65.3 Å². The number of fused-ring (bicyclic) bond motifs is 1. The second-order valence-electron chi connectivity index (χ2n) is 8.74. The molecule has 0 saturated carbocycles. The Hall–Kier alpha value is -3.98. The number of aromatic nitrogens is 3. The third-order valence-corrected chi connectivity index (χ3v) is 5.86. The Morgan fingerprint density at radius 3 is 2.68 bits per heavy atom. The molecule has 9 heteroatoms. The molecule has 34 heavy (non-hydrogen) atoms. The van der Waals surface area contributed by atoms with Crippen LogP contribution in [0.2, 0.25) is 0 Å². The Labute approximate surface area is 197 Å². The molecule has 1 N–H and O–H groups in total. The molecule has 0 bridgehead atoms. The molecule has 3 heterocycles. The number of hydrogen-bond acceptors (Lipinski definition) is 6. The summed E-state index contributed by atoms with van der Waals surface area (Å²) in [5.41, 5.74) is 3.05. The molecule has 1 aliphatic rings. The van der Waals surface area contributed by atoms with Gasteiger partial charge in [-0.2, -0.15) is 0 Å². The Kier molecular flexibility index (Phi) is 5.85. The molecule has 1 fully saturated rings. The van der Waals surface area contributed by atoms with Gasteiger partial charge in [0.2, 0.25) is 5.91 Å². The van der Waals surface area contributed by atoms with Gasteiger partial charge in [0.05, 0.1) is 6.54 Å². The molecule has 1 unspecified atom stereocenters. The molecule has 2 aromatic heterocycles. The van der Waals surface area contributed by atoms with E-state index in [0.717, 1.165) is 23.7 Å². The lowest BCUT2D eigenvalue weighted by molar-refractivity contribution is -0.117. The summed E-state index contributed by atoms with van der Waals surface area (Å²) in [6.07, 6.45) is 4.10. The topological polar surface area (TPSA) is 96.5 Å². The van der Waals surface area contributed by atoms with Crippen molar-refractivity contribution in [2.24, 2.45) is 5.92 Å². The van der Waals surface area contributed by atoms with Crippen LogP contribution in [0.1, 0.15) is 22.9 Å². The smallest absolute Gasteiger partial charge is 0.307 e. The van der Waals surface area contributed by atoms with Crippen molar-refractivity contribution in [3.8, 4) is 5.69 Å². The van der Waals surface area contributed by atoms with E-state index in [1.807, 2.05) is 61.3 Å². The van der Waals surface area contributed by atoms with Gasteiger partial charge < -0.3 is 24.1 Å². The molecule has 0 aliphatic carbocycles. The average Bonchev–Trinajstić information content (AvgIpc) is 3.55. The van der Waals surface area contributed by atoms with E-state index in [1.54, 1.807) is 23.2 Å². The number of benzene rings is 2. The second kappa shape index (κ2) is 9.11. The van der Waals surface area contributed by atoms with Crippen LogP contribution in [-0.2, 0) is 11.3 Å². The second-order valence-corrected chi connectivity index (χ2v) is 8.74. The molecule has 1 aliphatic heterocycles. The molecule has 2 amide bonds. The van der Waals surface area contributed by atoms with Gasteiger partial charge in [-0.05, 0) is 50.5 Å². The van der Waals surface area contributed by atoms with Gasteiger partial charge >= 0.3 is 5.91 Å². The minimum atomic E-state index is -0.375. The zero-order valence-electron chi connectivity index (χ0n) is 19.1. The first-order chi connectivity index (χ1) is 16.5.